The first-order chi connectivity index (χ1) is 15.4. The standard InChI is InChI=1S/C26H34N4O2/c1-5-27-24-16-21(10-9-13-30-11-7-6-8-12-30)15-22(20(24)4)25(31)28-17-23-18(2)14-19(3)29-26(23)32/h14-16,27H,5-8,11-13,17H2,1-4H3,(H,28,31)(H,29,32). The van der Waals surface area contributed by atoms with Crippen molar-refractivity contribution in [2.45, 2.75) is 53.5 Å². The Morgan fingerprint density at radius 3 is 2.56 bits per heavy atom. The molecule has 170 valence electrons. The molecule has 0 spiro atoms. The molecule has 1 aliphatic rings. The number of aromatic nitrogens is 1. The van der Waals surface area contributed by atoms with Crippen molar-refractivity contribution in [1.82, 2.24) is 15.2 Å². The van der Waals surface area contributed by atoms with E-state index in [0.717, 1.165) is 54.3 Å². The number of aromatic amines is 1. The zero-order valence-corrected chi connectivity index (χ0v) is 19.7. The summed E-state index contributed by atoms with van der Waals surface area (Å²) in [5.74, 6) is 6.31. The van der Waals surface area contributed by atoms with Gasteiger partial charge < -0.3 is 15.6 Å². The maximum atomic E-state index is 13.1. The Bertz CT molecular complexity index is 1090. The third-order valence-electron chi connectivity index (χ3n) is 5.92. The van der Waals surface area contributed by atoms with Crippen molar-refractivity contribution >= 4 is 11.6 Å². The highest BCUT2D eigenvalue weighted by atomic mass is 16.1. The average molecular weight is 435 g/mol. The Morgan fingerprint density at radius 1 is 1.12 bits per heavy atom. The molecule has 0 atom stereocenters. The molecule has 0 unspecified atom stereocenters. The van der Waals surface area contributed by atoms with E-state index in [1.165, 1.54) is 19.3 Å². The Hall–Kier alpha value is -3.04. The summed E-state index contributed by atoms with van der Waals surface area (Å²) in [6.07, 6.45) is 3.79. The number of likely N-dealkylation sites (tertiary alicyclic amines) is 1. The largest absolute Gasteiger partial charge is 0.385 e. The summed E-state index contributed by atoms with van der Waals surface area (Å²) < 4.78 is 0. The fraction of sp³-hybridized carbons (Fsp3) is 0.462. The fourth-order valence-corrected chi connectivity index (χ4v) is 4.13. The maximum absolute atomic E-state index is 13.1. The molecule has 2 aromatic rings. The first kappa shape index (κ1) is 23.6. The topological polar surface area (TPSA) is 77.2 Å². The van der Waals surface area contributed by atoms with Crippen LogP contribution in [-0.2, 0) is 6.54 Å². The molecule has 6 nitrogen and oxygen atoms in total. The molecule has 2 heterocycles. The van der Waals surface area contributed by atoms with Gasteiger partial charge in [-0.05, 0) is 83.0 Å². The van der Waals surface area contributed by atoms with Crippen LogP contribution in [0, 0.1) is 32.6 Å². The van der Waals surface area contributed by atoms with Crippen molar-refractivity contribution in [2.75, 3.05) is 31.5 Å². The van der Waals surface area contributed by atoms with E-state index in [9.17, 15) is 9.59 Å². The Labute approximate surface area is 190 Å². The van der Waals surface area contributed by atoms with Gasteiger partial charge in [0.15, 0.2) is 0 Å². The number of carbonyl (C=O) groups excluding carboxylic acids is 1. The van der Waals surface area contributed by atoms with Gasteiger partial charge in [-0.1, -0.05) is 18.3 Å². The first-order valence-corrected chi connectivity index (χ1v) is 11.5. The lowest BCUT2D eigenvalue weighted by molar-refractivity contribution is 0.0950. The molecule has 0 saturated carbocycles. The fourth-order valence-electron chi connectivity index (χ4n) is 4.13. The van der Waals surface area contributed by atoms with E-state index in [1.54, 1.807) is 0 Å². The number of anilines is 1. The normalized spacial score (nSPS) is 13.9. The lowest BCUT2D eigenvalue weighted by Crippen LogP contribution is -2.29. The van der Waals surface area contributed by atoms with Crippen LogP contribution in [0.1, 0.15) is 64.5 Å². The highest BCUT2D eigenvalue weighted by Gasteiger charge is 2.15. The van der Waals surface area contributed by atoms with E-state index in [0.29, 0.717) is 11.1 Å². The molecule has 0 aliphatic carbocycles. The minimum atomic E-state index is -0.208. The van der Waals surface area contributed by atoms with Crippen molar-refractivity contribution in [1.29, 1.82) is 0 Å². The third kappa shape index (κ3) is 6.02. The number of hydrogen-bond donors (Lipinski definition) is 3. The average Bonchev–Trinajstić information content (AvgIpc) is 2.75. The van der Waals surface area contributed by atoms with Crippen LogP contribution < -0.4 is 16.2 Å². The molecule has 32 heavy (non-hydrogen) atoms. The van der Waals surface area contributed by atoms with Gasteiger partial charge in [-0.25, -0.2) is 0 Å². The number of aryl methyl sites for hydroxylation is 2. The highest BCUT2D eigenvalue weighted by molar-refractivity contribution is 5.97. The van der Waals surface area contributed by atoms with Gasteiger partial charge in [-0.2, -0.15) is 0 Å². The lowest BCUT2D eigenvalue weighted by Gasteiger charge is -2.23. The van der Waals surface area contributed by atoms with Crippen molar-refractivity contribution in [3.05, 3.63) is 62.1 Å². The van der Waals surface area contributed by atoms with Gasteiger partial charge in [-0.15, -0.1) is 0 Å². The number of amides is 1. The van der Waals surface area contributed by atoms with Crippen molar-refractivity contribution in [2.24, 2.45) is 0 Å². The number of carbonyl (C=O) groups is 1. The van der Waals surface area contributed by atoms with Gasteiger partial charge >= 0.3 is 0 Å². The molecule has 3 rings (SSSR count). The second kappa shape index (κ2) is 11.0. The summed E-state index contributed by atoms with van der Waals surface area (Å²) in [4.78, 5) is 30.5. The lowest BCUT2D eigenvalue weighted by atomic mass is 10.0. The molecule has 0 bridgehead atoms. The molecule has 1 amide bonds. The molecule has 1 saturated heterocycles. The molecule has 1 fully saturated rings. The highest BCUT2D eigenvalue weighted by Crippen LogP contribution is 2.22. The van der Waals surface area contributed by atoms with Crippen molar-refractivity contribution in [3.63, 3.8) is 0 Å². The quantitative estimate of drug-likeness (QED) is 0.608. The van der Waals surface area contributed by atoms with Crippen LogP contribution in [0.15, 0.2) is 23.0 Å². The second-order valence-electron chi connectivity index (χ2n) is 8.49. The van der Waals surface area contributed by atoms with Crippen LogP contribution in [0.25, 0.3) is 0 Å². The number of H-pyrrole nitrogens is 1. The minimum absolute atomic E-state index is 0.162. The molecule has 6 heteroatoms. The molecule has 1 aliphatic heterocycles. The van der Waals surface area contributed by atoms with E-state index in [1.807, 2.05) is 45.9 Å². The van der Waals surface area contributed by atoms with Crippen LogP contribution in [0.3, 0.4) is 0 Å². The zero-order valence-electron chi connectivity index (χ0n) is 19.7. The van der Waals surface area contributed by atoms with Crippen LogP contribution >= 0.6 is 0 Å². The third-order valence-corrected chi connectivity index (χ3v) is 5.92. The molecular formula is C26H34N4O2. The van der Waals surface area contributed by atoms with Gasteiger partial charge in [0, 0.05) is 41.2 Å². The van der Waals surface area contributed by atoms with Gasteiger partial charge in [0.2, 0.25) is 0 Å². The summed E-state index contributed by atoms with van der Waals surface area (Å²) in [5, 5.41) is 6.25. The Kier molecular flexibility index (Phi) is 8.13. The minimum Gasteiger partial charge on any atom is -0.385 e. The first-order valence-electron chi connectivity index (χ1n) is 11.5. The monoisotopic (exact) mass is 434 g/mol. The number of hydrogen-bond acceptors (Lipinski definition) is 4. The van der Waals surface area contributed by atoms with Crippen LogP contribution in [-0.4, -0.2) is 42.0 Å². The van der Waals surface area contributed by atoms with Crippen LogP contribution in [0.2, 0.25) is 0 Å². The van der Waals surface area contributed by atoms with Crippen LogP contribution in [0.4, 0.5) is 5.69 Å². The summed E-state index contributed by atoms with van der Waals surface area (Å²) in [7, 11) is 0. The summed E-state index contributed by atoms with van der Waals surface area (Å²) in [5.41, 5.74) is 5.27. The maximum Gasteiger partial charge on any atom is 0.253 e. The van der Waals surface area contributed by atoms with Gasteiger partial charge in [0.1, 0.15) is 0 Å². The SMILES string of the molecule is CCNc1cc(C#CCN2CCCCC2)cc(C(=O)NCc2c(C)cc(C)[nH]c2=O)c1C. The molecular weight excluding hydrogens is 400 g/mol. The molecule has 1 aromatic heterocycles. The predicted molar refractivity (Wildman–Crippen MR) is 130 cm³/mol. The number of piperidine rings is 1. The second-order valence-corrected chi connectivity index (χ2v) is 8.49. The van der Waals surface area contributed by atoms with Crippen LogP contribution in [0.5, 0.6) is 0 Å². The van der Waals surface area contributed by atoms with E-state index in [4.69, 9.17) is 0 Å². The number of pyridine rings is 1. The summed E-state index contributed by atoms with van der Waals surface area (Å²) in [6, 6.07) is 5.77. The Morgan fingerprint density at radius 2 is 1.88 bits per heavy atom. The van der Waals surface area contributed by atoms with Crippen molar-refractivity contribution < 1.29 is 4.79 Å². The smallest absolute Gasteiger partial charge is 0.253 e. The van der Waals surface area contributed by atoms with Gasteiger partial charge in [0.05, 0.1) is 6.54 Å². The number of nitrogens with one attached hydrogen (secondary N) is 3. The number of rotatable bonds is 6. The van der Waals surface area contributed by atoms with E-state index < -0.39 is 0 Å². The summed E-state index contributed by atoms with van der Waals surface area (Å²) in [6.45, 7) is 11.6. The predicted octanol–water partition coefficient (Wildman–Crippen LogP) is 3.50. The van der Waals surface area contributed by atoms with E-state index in [-0.39, 0.29) is 18.0 Å². The number of nitrogens with zero attached hydrogens (tertiary/aromatic N) is 1. The molecule has 3 N–H and O–H groups in total. The van der Waals surface area contributed by atoms with Gasteiger partial charge in [0.25, 0.3) is 11.5 Å². The van der Waals surface area contributed by atoms with E-state index in [2.05, 4.69) is 32.4 Å². The summed E-state index contributed by atoms with van der Waals surface area (Å²) >= 11 is 0. The van der Waals surface area contributed by atoms with Gasteiger partial charge in [-0.3, -0.25) is 14.5 Å². The Balaban J connectivity index is 1.80. The van der Waals surface area contributed by atoms with Crippen molar-refractivity contribution in [3.8, 4) is 11.8 Å². The number of benzene rings is 1. The van der Waals surface area contributed by atoms with E-state index >= 15 is 0 Å². The zero-order chi connectivity index (χ0) is 23.1. The molecule has 1 aromatic carbocycles. The molecule has 0 radical (unpaired) electrons.